The van der Waals surface area contributed by atoms with Crippen molar-refractivity contribution in [1.29, 1.82) is 5.26 Å². The van der Waals surface area contributed by atoms with E-state index >= 15 is 0 Å². The van der Waals surface area contributed by atoms with Crippen molar-refractivity contribution in [3.63, 3.8) is 0 Å². The molecule has 0 saturated heterocycles. The second kappa shape index (κ2) is 9.34. The van der Waals surface area contributed by atoms with E-state index in [0.717, 1.165) is 50.3 Å². The van der Waals surface area contributed by atoms with Crippen LogP contribution in [0.1, 0.15) is 65.7 Å². The average molecular weight is 419 g/mol. The minimum absolute atomic E-state index is 0.0745. The van der Waals surface area contributed by atoms with Gasteiger partial charge in [0.25, 0.3) is 5.91 Å². The first-order valence-corrected chi connectivity index (χ1v) is 11.2. The molecule has 1 aromatic carbocycles. The van der Waals surface area contributed by atoms with Crippen molar-refractivity contribution in [3.8, 4) is 6.07 Å². The predicted octanol–water partition coefficient (Wildman–Crippen LogP) is 3.45. The van der Waals surface area contributed by atoms with E-state index in [1.54, 1.807) is 24.3 Å². The molecule has 2 aliphatic rings. The van der Waals surface area contributed by atoms with Crippen LogP contribution in [0.4, 0.5) is 11.8 Å². The molecule has 1 amide bonds. The van der Waals surface area contributed by atoms with Crippen LogP contribution in [0, 0.1) is 11.3 Å². The second-order valence-corrected chi connectivity index (χ2v) is 8.75. The zero-order valence-electron chi connectivity index (χ0n) is 18.3. The Balaban J connectivity index is 1.33. The molecule has 0 atom stereocenters. The zero-order valence-corrected chi connectivity index (χ0v) is 18.3. The van der Waals surface area contributed by atoms with Gasteiger partial charge in [0, 0.05) is 37.3 Å². The number of hydrogen-bond donors (Lipinski definition) is 2. The van der Waals surface area contributed by atoms with Crippen LogP contribution in [0.5, 0.6) is 0 Å². The summed E-state index contributed by atoms with van der Waals surface area (Å²) >= 11 is 0. The van der Waals surface area contributed by atoms with E-state index in [1.165, 1.54) is 24.1 Å². The summed E-state index contributed by atoms with van der Waals surface area (Å²) in [4.78, 5) is 24.2. The van der Waals surface area contributed by atoms with Gasteiger partial charge in [-0.25, -0.2) is 4.98 Å². The fraction of sp³-hybridized carbons (Fsp3) is 0.500. The molecule has 1 aromatic heterocycles. The molecule has 2 N–H and O–H groups in total. The molecule has 31 heavy (non-hydrogen) atoms. The second-order valence-electron chi connectivity index (χ2n) is 8.75. The van der Waals surface area contributed by atoms with Crippen molar-refractivity contribution in [3.05, 3.63) is 46.6 Å². The van der Waals surface area contributed by atoms with Gasteiger partial charge in [0.15, 0.2) is 0 Å². The van der Waals surface area contributed by atoms with Crippen molar-refractivity contribution in [1.82, 2.24) is 15.3 Å². The van der Waals surface area contributed by atoms with Crippen molar-refractivity contribution in [2.24, 2.45) is 0 Å². The SMILES string of the molecule is CN(C)c1nc(N[C@H]2CC[C@@H](NC(=O)c3ccc(C#N)cc3)CC2)nc2c1CCCC2. The lowest BCUT2D eigenvalue weighted by Crippen LogP contribution is -2.40. The molecule has 0 radical (unpaired) electrons. The fourth-order valence-corrected chi connectivity index (χ4v) is 4.54. The highest BCUT2D eigenvalue weighted by molar-refractivity contribution is 5.94. The number of anilines is 2. The monoisotopic (exact) mass is 418 g/mol. The Kier molecular flexibility index (Phi) is 6.36. The number of hydrogen-bond acceptors (Lipinski definition) is 6. The molecule has 2 aliphatic carbocycles. The third kappa shape index (κ3) is 4.96. The van der Waals surface area contributed by atoms with Gasteiger partial charge in [0.2, 0.25) is 5.95 Å². The maximum atomic E-state index is 12.5. The highest BCUT2D eigenvalue weighted by Gasteiger charge is 2.25. The van der Waals surface area contributed by atoms with Crippen LogP contribution < -0.4 is 15.5 Å². The number of benzene rings is 1. The average Bonchev–Trinajstić information content (AvgIpc) is 2.79. The van der Waals surface area contributed by atoms with Crippen LogP contribution in [0.3, 0.4) is 0 Å². The lowest BCUT2D eigenvalue weighted by molar-refractivity contribution is 0.0926. The quantitative estimate of drug-likeness (QED) is 0.772. The first kappa shape index (κ1) is 21.1. The Hall–Kier alpha value is -3.14. The number of carbonyl (C=O) groups excluding carboxylic acids is 1. The van der Waals surface area contributed by atoms with E-state index < -0.39 is 0 Å². The molecular weight excluding hydrogens is 388 g/mol. The van der Waals surface area contributed by atoms with Crippen LogP contribution in [-0.2, 0) is 12.8 Å². The molecule has 0 unspecified atom stereocenters. The van der Waals surface area contributed by atoms with Gasteiger partial charge in [-0.05, 0) is 75.6 Å². The molecule has 0 bridgehead atoms. The molecule has 2 aromatic rings. The van der Waals surface area contributed by atoms with E-state index in [9.17, 15) is 4.79 Å². The van der Waals surface area contributed by atoms with Crippen LogP contribution in [0.15, 0.2) is 24.3 Å². The number of nitrogens with zero attached hydrogens (tertiary/aromatic N) is 4. The molecular formula is C24H30N6O. The first-order chi connectivity index (χ1) is 15.0. The normalized spacial score (nSPS) is 20.3. The van der Waals surface area contributed by atoms with Crippen molar-refractivity contribution < 1.29 is 4.79 Å². The maximum absolute atomic E-state index is 12.5. The van der Waals surface area contributed by atoms with Crippen molar-refractivity contribution in [2.45, 2.75) is 63.5 Å². The molecule has 7 nitrogen and oxygen atoms in total. The van der Waals surface area contributed by atoms with Crippen LogP contribution in [-0.4, -0.2) is 42.1 Å². The van der Waals surface area contributed by atoms with E-state index in [2.05, 4.69) is 21.6 Å². The van der Waals surface area contributed by atoms with Gasteiger partial charge in [0.1, 0.15) is 5.82 Å². The predicted molar refractivity (Wildman–Crippen MR) is 121 cm³/mol. The molecule has 4 rings (SSSR count). The van der Waals surface area contributed by atoms with E-state index in [4.69, 9.17) is 15.2 Å². The number of aryl methyl sites for hydroxylation is 1. The Morgan fingerprint density at radius 3 is 2.39 bits per heavy atom. The summed E-state index contributed by atoms with van der Waals surface area (Å²) in [6.07, 6.45) is 8.28. The van der Waals surface area contributed by atoms with E-state index in [1.807, 2.05) is 14.1 Å². The standard InChI is InChI=1S/C24H30N6O/c1-30(2)22-20-5-3-4-6-21(20)28-24(29-22)27-19-13-11-18(12-14-19)26-23(31)17-9-7-16(15-25)8-10-17/h7-10,18-19H,3-6,11-14H2,1-2H3,(H,26,31)(H,27,28,29)/t18-,19+. The first-order valence-electron chi connectivity index (χ1n) is 11.2. The van der Waals surface area contributed by atoms with E-state index in [-0.39, 0.29) is 11.9 Å². The molecule has 0 aliphatic heterocycles. The Labute approximate surface area is 183 Å². The number of rotatable bonds is 5. The van der Waals surface area contributed by atoms with Gasteiger partial charge >= 0.3 is 0 Å². The highest BCUT2D eigenvalue weighted by Crippen LogP contribution is 2.29. The lowest BCUT2D eigenvalue weighted by atomic mass is 9.91. The maximum Gasteiger partial charge on any atom is 0.251 e. The topological polar surface area (TPSA) is 93.9 Å². The van der Waals surface area contributed by atoms with Gasteiger partial charge in [-0.15, -0.1) is 0 Å². The summed E-state index contributed by atoms with van der Waals surface area (Å²) in [5, 5.41) is 15.6. The van der Waals surface area contributed by atoms with Crippen LogP contribution >= 0.6 is 0 Å². The Morgan fingerprint density at radius 2 is 1.71 bits per heavy atom. The molecule has 7 heteroatoms. The summed E-state index contributed by atoms with van der Waals surface area (Å²) in [6.45, 7) is 0. The van der Waals surface area contributed by atoms with E-state index in [0.29, 0.717) is 17.2 Å². The molecule has 162 valence electrons. The van der Waals surface area contributed by atoms with Gasteiger partial charge in [-0.3, -0.25) is 4.79 Å². The van der Waals surface area contributed by atoms with Gasteiger partial charge in [-0.2, -0.15) is 10.2 Å². The summed E-state index contributed by atoms with van der Waals surface area (Å²) < 4.78 is 0. The van der Waals surface area contributed by atoms with Gasteiger partial charge in [-0.1, -0.05) is 0 Å². The fourth-order valence-electron chi connectivity index (χ4n) is 4.54. The number of amides is 1. The zero-order chi connectivity index (χ0) is 21.8. The summed E-state index contributed by atoms with van der Waals surface area (Å²) in [5.74, 6) is 1.69. The van der Waals surface area contributed by atoms with Crippen LogP contribution in [0.2, 0.25) is 0 Å². The molecule has 1 fully saturated rings. The Morgan fingerprint density at radius 1 is 1.03 bits per heavy atom. The summed E-state index contributed by atoms with van der Waals surface area (Å²) in [5.41, 5.74) is 3.65. The minimum atomic E-state index is -0.0745. The highest BCUT2D eigenvalue weighted by atomic mass is 16.1. The molecule has 0 spiro atoms. The third-order valence-electron chi connectivity index (χ3n) is 6.26. The summed E-state index contributed by atoms with van der Waals surface area (Å²) in [7, 11) is 4.09. The van der Waals surface area contributed by atoms with Gasteiger partial charge in [0.05, 0.1) is 17.3 Å². The third-order valence-corrected chi connectivity index (χ3v) is 6.26. The number of nitriles is 1. The van der Waals surface area contributed by atoms with Crippen molar-refractivity contribution in [2.75, 3.05) is 24.3 Å². The Bertz CT molecular complexity index is 971. The number of aromatic nitrogens is 2. The lowest BCUT2D eigenvalue weighted by Gasteiger charge is -2.30. The molecule has 1 heterocycles. The molecule has 1 saturated carbocycles. The smallest absolute Gasteiger partial charge is 0.251 e. The number of fused-ring (bicyclic) bond motifs is 1. The largest absolute Gasteiger partial charge is 0.362 e. The summed E-state index contributed by atoms with van der Waals surface area (Å²) in [6, 6.07) is 9.33. The number of carbonyl (C=O) groups is 1. The van der Waals surface area contributed by atoms with Gasteiger partial charge < -0.3 is 15.5 Å². The van der Waals surface area contributed by atoms with Crippen LogP contribution in [0.25, 0.3) is 0 Å². The number of nitrogens with one attached hydrogen (secondary N) is 2. The minimum Gasteiger partial charge on any atom is -0.362 e. The van der Waals surface area contributed by atoms with Crippen molar-refractivity contribution >= 4 is 17.7 Å².